The average molecular weight is 182 g/mol. The van der Waals surface area contributed by atoms with Gasteiger partial charge in [0.15, 0.2) is 5.69 Å². The zero-order chi connectivity index (χ0) is 9.42. The Morgan fingerprint density at radius 1 is 1.77 bits per heavy atom. The van der Waals surface area contributed by atoms with Gasteiger partial charge in [0, 0.05) is 13.1 Å². The maximum atomic E-state index is 10.7. The third-order valence-electron chi connectivity index (χ3n) is 2.27. The van der Waals surface area contributed by atoms with E-state index >= 15 is 0 Å². The lowest BCUT2D eigenvalue weighted by Gasteiger charge is -2.11. The molecule has 0 fully saturated rings. The van der Waals surface area contributed by atoms with Crippen molar-refractivity contribution in [3.63, 3.8) is 0 Å². The third kappa shape index (κ3) is 1.07. The lowest BCUT2D eigenvalue weighted by Crippen LogP contribution is -2.19. The second kappa shape index (κ2) is 2.76. The first-order chi connectivity index (χ1) is 6.24. The van der Waals surface area contributed by atoms with Gasteiger partial charge in [0.25, 0.3) is 0 Å². The number of likely N-dealkylation sites (N-methyl/N-ethyl adjacent to an activating group) is 1. The van der Waals surface area contributed by atoms with Gasteiger partial charge < -0.3 is 14.5 Å². The highest BCUT2D eigenvalue weighted by Gasteiger charge is 2.29. The normalized spacial score (nSPS) is 14.7. The molecule has 0 unspecified atom stereocenters. The minimum atomic E-state index is -1.01. The molecule has 0 bridgehead atoms. The number of carbonyl (C=O) groups is 1. The SMILES string of the molecule is CCN1CCc2c(C(=O)O)noc21. The molecule has 1 N–H and O–H groups in total. The summed E-state index contributed by atoms with van der Waals surface area (Å²) in [6.07, 6.45) is 0.717. The number of carboxylic acids is 1. The van der Waals surface area contributed by atoms with Crippen molar-refractivity contribution in [3.8, 4) is 0 Å². The van der Waals surface area contributed by atoms with E-state index in [-0.39, 0.29) is 5.69 Å². The highest BCUT2D eigenvalue weighted by atomic mass is 16.5. The number of anilines is 1. The fourth-order valence-corrected chi connectivity index (χ4v) is 1.59. The topological polar surface area (TPSA) is 66.6 Å². The fraction of sp³-hybridized carbons (Fsp3) is 0.500. The van der Waals surface area contributed by atoms with Crippen LogP contribution in [0.15, 0.2) is 4.52 Å². The molecule has 2 rings (SSSR count). The first-order valence-electron chi connectivity index (χ1n) is 4.20. The predicted molar refractivity (Wildman–Crippen MR) is 45.1 cm³/mol. The molecule has 0 aromatic carbocycles. The van der Waals surface area contributed by atoms with Crippen LogP contribution in [0, 0.1) is 0 Å². The summed E-state index contributed by atoms with van der Waals surface area (Å²) < 4.78 is 4.97. The standard InChI is InChI=1S/C8H10N2O3/c1-2-10-4-3-5-6(8(11)12)9-13-7(5)10/h2-4H2,1H3,(H,11,12). The molecule has 0 spiro atoms. The molecule has 1 aliphatic heterocycles. The molecule has 1 aromatic rings. The van der Waals surface area contributed by atoms with Crippen LogP contribution in [-0.2, 0) is 6.42 Å². The first-order valence-corrected chi connectivity index (χ1v) is 4.20. The van der Waals surface area contributed by atoms with Crippen molar-refractivity contribution in [1.82, 2.24) is 5.16 Å². The Bertz CT molecular complexity index is 345. The van der Waals surface area contributed by atoms with Crippen molar-refractivity contribution in [2.24, 2.45) is 0 Å². The molecule has 5 heteroatoms. The molecule has 70 valence electrons. The monoisotopic (exact) mass is 182 g/mol. The summed E-state index contributed by atoms with van der Waals surface area (Å²) in [5.74, 6) is -0.386. The van der Waals surface area contributed by atoms with Gasteiger partial charge in [-0.3, -0.25) is 0 Å². The molecule has 0 radical (unpaired) electrons. The van der Waals surface area contributed by atoms with Crippen molar-refractivity contribution in [3.05, 3.63) is 11.3 Å². The maximum Gasteiger partial charge on any atom is 0.358 e. The summed E-state index contributed by atoms with van der Waals surface area (Å²) in [7, 11) is 0. The lowest BCUT2D eigenvalue weighted by atomic mass is 10.2. The van der Waals surface area contributed by atoms with Gasteiger partial charge in [-0.2, -0.15) is 0 Å². The van der Waals surface area contributed by atoms with Crippen molar-refractivity contribution in [2.45, 2.75) is 13.3 Å². The van der Waals surface area contributed by atoms with Crippen LogP contribution in [0.2, 0.25) is 0 Å². The van der Waals surface area contributed by atoms with Crippen LogP contribution >= 0.6 is 0 Å². The summed E-state index contributed by atoms with van der Waals surface area (Å²) in [6, 6.07) is 0. The van der Waals surface area contributed by atoms with E-state index in [2.05, 4.69) is 5.16 Å². The number of aromatic nitrogens is 1. The fourth-order valence-electron chi connectivity index (χ4n) is 1.59. The van der Waals surface area contributed by atoms with Gasteiger partial charge in [-0.05, 0) is 13.3 Å². The van der Waals surface area contributed by atoms with Gasteiger partial charge in [-0.1, -0.05) is 5.16 Å². The van der Waals surface area contributed by atoms with Crippen LogP contribution in [0.1, 0.15) is 23.0 Å². The zero-order valence-electron chi connectivity index (χ0n) is 7.28. The summed E-state index contributed by atoms with van der Waals surface area (Å²) in [5.41, 5.74) is 0.792. The summed E-state index contributed by atoms with van der Waals surface area (Å²) >= 11 is 0. The van der Waals surface area contributed by atoms with Crippen LogP contribution < -0.4 is 4.90 Å². The molecule has 0 amide bonds. The Kier molecular flexibility index (Phi) is 1.72. The number of hydrogen-bond acceptors (Lipinski definition) is 4. The lowest BCUT2D eigenvalue weighted by molar-refractivity contribution is 0.0684. The summed E-state index contributed by atoms with van der Waals surface area (Å²) in [6.45, 7) is 3.65. The smallest absolute Gasteiger partial charge is 0.358 e. The molecule has 13 heavy (non-hydrogen) atoms. The Morgan fingerprint density at radius 3 is 3.15 bits per heavy atom. The highest BCUT2D eigenvalue weighted by Crippen LogP contribution is 2.30. The van der Waals surface area contributed by atoms with Gasteiger partial charge in [-0.25, -0.2) is 4.79 Å². The Labute approximate surface area is 74.9 Å². The third-order valence-corrected chi connectivity index (χ3v) is 2.27. The Balaban J connectivity index is 2.41. The van der Waals surface area contributed by atoms with Crippen LogP contribution in [0.4, 0.5) is 5.88 Å². The van der Waals surface area contributed by atoms with E-state index in [1.165, 1.54) is 0 Å². The van der Waals surface area contributed by atoms with Gasteiger partial charge in [0.05, 0.1) is 5.56 Å². The molecule has 2 heterocycles. The van der Waals surface area contributed by atoms with E-state index in [1.54, 1.807) is 0 Å². The minimum absolute atomic E-state index is 0.0611. The first kappa shape index (κ1) is 8.10. The van der Waals surface area contributed by atoms with Gasteiger partial charge >= 0.3 is 5.97 Å². The predicted octanol–water partition coefficient (Wildman–Crippen LogP) is 0.755. The number of fused-ring (bicyclic) bond motifs is 1. The Hall–Kier alpha value is -1.52. The van der Waals surface area contributed by atoms with Gasteiger partial charge in [0.2, 0.25) is 5.88 Å². The molecule has 0 aliphatic carbocycles. The number of aromatic carboxylic acids is 1. The number of hydrogen-bond donors (Lipinski definition) is 1. The van der Waals surface area contributed by atoms with Crippen molar-refractivity contribution in [1.29, 1.82) is 0 Å². The summed E-state index contributed by atoms with van der Waals surface area (Å²) in [4.78, 5) is 12.7. The Morgan fingerprint density at radius 2 is 2.54 bits per heavy atom. The highest BCUT2D eigenvalue weighted by molar-refractivity contribution is 5.88. The van der Waals surface area contributed by atoms with E-state index in [0.717, 1.165) is 18.7 Å². The van der Waals surface area contributed by atoms with Crippen LogP contribution in [0.3, 0.4) is 0 Å². The van der Waals surface area contributed by atoms with E-state index in [9.17, 15) is 4.79 Å². The molecule has 5 nitrogen and oxygen atoms in total. The van der Waals surface area contributed by atoms with Gasteiger partial charge in [-0.15, -0.1) is 0 Å². The number of nitrogens with zero attached hydrogens (tertiary/aromatic N) is 2. The molecule has 0 atom stereocenters. The van der Waals surface area contributed by atoms with E-state index in [4.69, 9.17) is 9.63 Å². The van der Waals surface area contributed by atoms with Crippen LogP contribution in [0.5, 0.6) is 0 Å². The molecular formula is C8H10N2O3. The molecule has 0 saturated carbocycles. The van der Waals surface area contributed by atoms with Gasteiger partial charge in [0.1, 0.15) is 0 Å². The molecule has 1 aromatic heterocycles. The number of rotatable bonds is 2. The molecule has 0 saturated heterocycles. The van der Waals surface area contributed by atoms with E-state index < -0.39 is 5.97 Å². The maximum absolute atomic E-state index is 10.7. The van der Waals surface area contributed by atoms with Crippen LogP contribution in [-0.4, -0.2) is 29.3 Å². The quantitative estimate of drug-likeness (QED) is 0.731. The second-order valence-electron chi connectivity index (χ2n) is 2.95. The van der Waals surface area contributed by atoms with E-state index in [1.807, 2.05) is 11.8 Å². The van der Waals surface area contributed by atoms with E-state index in [0.29, 0.717) is 12.3 Å². The molecular weight excluding hydrogens is 172 g/mol. The van der Waals surface area contributed by atoms with Crippen molar-refractivity contribution < 1.29 is 14.4 Å². The summed E-state index contributed by atoms with van der Waals surface area (Å²) in [5, 5.41) is 12.3. The second-order valence-corrected chi connectivity index (χ2v) is 2.95. The van der Waals surface area contributed by atoms with Crippen molar-refractivity contribution in [2.75, 3.05) is 18.0 Å². The van der Waals surface area contributed by atoms with Crippen molar-refractivity contribution >= 4 is 11.9 Å². The minimum Gasteiger partial charge on any atom is -0.476 e. The largest absolute Gasteiger partial charge is 0.476 e. The van der Waals surface area contributed by atoms with Crippen LogP contribution in [0.25, 0.3) is 0 Å². The number of carboxylic acid groups (broad SMARTS) is 1. The molecule has 1 aliphatic rings. The average Bonchev–Trinajstić information content (AvgIpc) is 2.61. The zero-order valence-corrected chi connectivity index (χ0v) is 7.28.